The molecule has 1 aromatic heterocycles. The van der Waals surface area contributed by atoms with Crippen LogP contribution in [0.2, 0.25) is 5.02 Å². The SMILES string of the molecule is CCc1cc(-c2c(F)ccc(NS(=O)(=O)c3cc(Cl)cc4c3CC[C@H]4O)c2F)cc2cnc(NC3CCC(N)CC3)nc12. The number of hydrogen-bond acceptors (Lipinski definition) is 7. The van der Waals surface area contributed by atoms with Gasteiger partial charge < -0.3 is 16.2 Å². The van der Waals surface area contributed by atoms with Crippen LogP contribution in [-0.4, -0.2) is 35.6 Å². The fourth-order valence-electron chi connectivity index (χ4n) is 6.12. The van der Waals surface area contributed by atoms with E-state index in [-0.39, 0.29) is 33.1 Å². The summed E-state index contributed by atoms with van der Waals surface area (Å²) in [7, 11) is -4.33. The molecule has 3 aromatic carbocycles. The number of aromatic nitrogens is 2. The average Bonchev–Trinajstić information content (AvgIpc) is 3.35. The lowest BCUT2D eigenvalue weighted by Crippen LogP contribution is -2.33. The number of nitrogens with one attached hydrogen (secondary N) is 2. The number of nitrogens with zero attached hydrogens (tertiary/aromatic N) is 2. The van der Waals surface area contributed by atoms with Crippen LogP contribution < -0.4 is 15.8 Å². The standard InChI is InChI=1S/C31H32ClF2N5O3S/c1-2-16-11-17(12-18-15-36-31(38-30(16)18)37-21-5-3-20(35)4-6-21)28-24(33)8-9-25(29(28)34)39-43(41,42)27-14-19(32)13-23-22(27)7-10-26(23)40/h8-9,11-15,20-21,26,39-40H,2-7,10,35H2,1H3,(H,36,37,38)/t20?,21?,26-/m1/s1. The lowest BCUT2D eigenvalue weighted by molar-refractivity contribution is 0.180. The Labute approximate surface area is 253 Å². The van der Waals surface area contributed by atoms with E-state index in [4.69, 9.17) is 22.3 Å². The van der Waals surface area contributed by atoms with Gasteiger partial charge in [-0.2, -0.15) is 0 Å². The minimum absolute atomic E-state index is 0.132. The molecule has 8 nitrogen and oxygen atoms in total. The van der Waals surface area contributed by atoms with E-state index < -0.39 is 33.4 Å². The van der Waals surface area contributed by atoms with Crippen molar-refractivity contribution in [2.24, 2.45) is 5.73 Å². The first-order chi connectivity index (χ1) is 20.5. The van der Waals surface area contributed by atoms with Crippen molar-refractivity contribution >= 4 is 44.2 Å². The largest absolute Gasteiger partial charge is 0.388 e. The number of anilines is 2. The van der Waals surface area contributed by atoms with E-state index in [1.54, 1.807) is 18.3 Å². The molecule has 43 heavy (non-hydrogen) atoms. The van der Waals surface area contributed by atoms with E-state index in [1.807, 2.05) is 6.92 Å². The highest BCUT2D eigenvalue weighted by Gasteiger charge is 2.30. The minimum Gasteiger partial charge on any atom is -0.388 e. The van der Waals surface area contributed by atoms with Crippen molar-refractivity contribution in [3.05, 3.63) is 75.9 Å². The van der Waals surface area contributed by atoms with Crippen LogP contribution >= 0.6 is 11.6 Å². The van der Waals surface area contributed by atoms with Crippen molar-refractivity contribution in [1.29, 1.82) is 0 Å². The summed E-state index contributed by atoms with van der Waals surface area (Å²) in [6.45, 7) is 1.92. The normalized spacial score (nSPS) is 20.3. The smallest absolute Gasteiger partial charge is 0.262 e. The fraction of sp³-hybridized carbons (Fsp3) is 0.355. The number of benzene rings is 3. The van der Waals surface area contributed by atoms with Gasteiger partial charge in [0, 0.05) is 28.7 Å². The Bertz CT molecular complexity index is 1830. The molecule has 1 atom stereocenters. The average molecular weight is 628 g/mol. The maximum absolute atomic E-state index is 16.0. The second kappa shape index (κ2) is 11.6. The van der Waals surface area contributed by atoms with Gasteiger partial charge in [0.2, 0.25) is 5.95 Å². The number of nitrogens with two attached hydrogens (primary N) is 1. The summed E-state index contributed by atoms with van der Waals surface area (Å²) in [5, 5.41) is 14.4. The number of sulfonamides is 1. The fourth-order valence-corrected chi connectivity index (χ4v) is 7.79. The Hall–Kier alpha value is -3.38. The third-order valence-electron chi connectivity index (χ3n) is 8.40. The van der Waals surface area contributed by atoms with Crippen LogP contribution in [-0.2, 0) is 22.9 Å². The van der Waals surface area contributed by atoms with Gasteiger partial charge in [0.05, 0.1) is 27.8 Å². The van der Waals surface area contributed by atoms with Crippen LogP contribution in [0.5, 0.6) is 0 Å². The molecule has 0 bridgehead atoms. The van der Waals surface area contributed by atoms with Gasteiger partial charge in [0.25, 0.3) is 10.0 Å². The Morgan fingerprint density at radius 2 is 1.86 bits per heavy atom. The second-order valence-electron chi connectivity index (χ2n) is 11.3. The third-order valence-corrected chi connectivity index (χ3v) is 10.0. The van der Waals surface area contributed by atoms with Crippen molar-refractivity contribution in [3.8, 4) is 11.1 Å². The van der Waals surface area contributed by atoms with Crippen LogP contribution in [0.15, 0.2) is 47.5 Å². The number of rotatable bonds is 7. The number of aliphatic hydroxyl groups excluding tert-OH is 1. The molecule has 0 spiro atoms. The van der Waals surface area contributed by atoms with E-state index in [1.165, 1.54) is 12.1 Å². The lowest BCUT2D eigenvalue weighted by atomic mass is 9.92. The summed E-state index contributed by atoms with van der Waals surface area (Å²) in [5.74, 6) is -1.41. The summed E-state index contributed by atoms with van der Waals surface area (Å²) in [4.78, 5) is 9.03. The van der Waals surface area contributed by atoms with Gasteiger partial charge in [-0.05, 0) is 104 Å². The molecule has 6 rings (SSSR count). The van der Waals surface area contributed by atoms with Gasteiger partial charge >= 0.3 is 0 Å². The summed E-state index contributed by atoms with van der Waals surface area (Å²) in [5.41, 5.74) is 7.77. The zero-order valence-corrected chi connectivity index (χ0v) is 25.1. The van der Waals surface area contributed by atoms with Gasteiger partial charge in [-0.1, -0.05) is 18.5 Å². The molecular weight excluding hydrogens is 596 g/mol. The highest BCUT2D eigenvalue weighted by Crippen LogP contribution is 2.39. The van der Waals surface area contributed by atoms with Crippen LogP contribution in [0, 0.1) is 11.6 Å². The van der Waals surface area contributed by atoms with E-state index in [2.05, 4.69) is 15.0 Å². The summed E-state index contributed by atoms with van der Waals surface area (Å²) < 4.78 is 60.3. The monoisotopic (exact) mass is 627 g/mol. The first kappa shape index (κ1) is 29.7. The highest BCUT2D eigenvalue weighted by molar-refractivity contribution is 7.92. The van der Waals surface area contributed by atoms with Crippen molar-refractivity contribution in [2.45, 2.75) is 75.0 Å². The highest BCUT2D eigenvalue weighted by atomic mass is 35.5. The van der Waals surface area contributed by atoms with Crippen molar-refractivity contribution in [3.63, 3.8) is 0 Å². The summed E-state index contributed by atoms with van der Waals surface area (Å²) in [6, 6.07) is 8.60. The maximum atomic E-state index is 16.0. The molecule has 0 aliphatic heterocycles. The first-order valence-corrected chi connectivity index (χ1v) is 16.2. The molecule has 4 aromatic rings. The first-order valence-electron chi connectivity index (χ1n) is 14.4. The molecule has 1 saturated carbocycles. The van der Waals surface area contributed by atoms with Crippen LogP contribution in [0.25, 0.3) is 22.0 Å². The molecule has 2 aliphatic carbocycles. The molecule has 1 heterocycles. The Kier molecular flexibility index (Phi) is 8.01. The number of aryl methyl sites for hydroxylation is 1. The van der Waals surface area contributed by atoms with Gasteiger partial charge in [-0.25, -0.2) is 27.2 Å². The summed E-state index contributed by atoms with van der Waals surface area (Å²) in [6.07, 6.45) is 5.75. The van der Waals surface area contributed by atoms with Crippen molar-refractivity contribution in [1.82, 2.24) is 9.97 Å². The number of fused-ring (bicyclic) bond motifs is 2. The lowest BCUT2D eigenvalue weighted by Gasteiger charge is -2.26. The second-order valence-corrected chi connectivity index (χ2v) is 13.4. The number of halogens is 3. The number of hydrogen-bond donors (Lipinski definition) is 4. The molecule has 2 aliphatic rings. The van der Waals surface area contributed by atoms with E-state index in [9.17, 15) is 13.5 Å². The zero-order valence-electron chi connectivity index (χ0n) is 23.5. The topological polar surface area (TPSA) is 130 Å². The van der Waals surface area contributed by atoms with Gasteiger partial charge in [-0.3, -0.25) is 4.72 Å². The predicted molar refractivity (Wildman–Crippen MR) is 164 cm³/mol. The Morgan fingerprint density at radius 1 is 1.09 bits per heavy atom. The van der Waals surface area contributed by atoms with Gasteiger partial charge in [0.15, 0.2) is 5.82 Å². The van der Waals surface area contributed by atoms with Crippen molar-refractivity contribution < 1.29 is 22.3 Å². The maximum Gasteiger partial charge on any atom is 0.262 e. The molecular formula is C31H32ClF2N5O3S. The van der Waals surface area contributed by atoms with Crippen molar-refractivity contribution in [2.75, 3.05) is 10.0 Å². The van der Waals surface area contributed by atoms with E-state index in [0.29, 0.717) is 47.2 Å². The molecule has 0 radical (unpaired) electrons. The number of aliphatic hydroxyl groups is 1. The van der Waals surface area contributed by atoms with E-state index >= 15 is 8.78 Å². The third kappa shape index (κ3) is 5.78. The quantitative estimate of drug-likeness (QED) is 0.190. The molecule has 0 saturated heterocycles. The molecule has 1 fully saturated rings. The van der Waals surface area contributed by atoms with Crippen LogP contribution in [0.4, 0.5) is 20.4 Å². The molecule has 0 unspecified atom stereocenters. The molecule has 226 valence electrons. The Balaban J connectivity index is 1.35. The van der Waals surface area contributed by atoms with E-state index in [0.717, 1.165) is 43.4 Å². The Morgan fingerprint density at radius 3 is 2.60 bits per heavy atom. The summed E-state index contributed by atoms with van der Waals surface area (Å²) >= 11 is 6.15. The molecule has 0 amide bonds. The minimum atomic E-state index is -4.33. The van der Waals surface area contributed by atoms with Crippen LogP contribution in [0.3, 0.4) is 0 Å². The molecule has 12 heteroatoms. The van der Waals surface area contributed by atoms with Crippen LogP contribution in [0.1, 0.15) is 61.8 Å². The molecule has 5 N–H and O–H groups in total. The van der Waals surface area contributed by atoms with Gasteiger partial charge in [0.1, 0.15) is 5.82 Å². The van der Waals surface area contributed by atoms with Gasteiger partial charge in [-0.15, -0.1) is 0 Å². The predicted octanol–water partition coefficient (Wildman–Crippen LogP) is 6.25. The zero-order chi connectivity index (χ0) is 30.5.